The zero-order valence-electron chi connectivity index (χ0n) is 12.0. The van der Waals surface area contributed by atoms with E-state index in [-0.39, 0.29) is 6.10 Å². The summed E-state index contributed by atoms with van der Waals surface area (Å²) < 4.78 is 45.0. The Morgan fingerprint density at radius 2 is 1.91 bits per heavy atom. The van der Waals surface area contributed by atoms with Crippen LogP contribution in [0.5, 0.6) is 5.75 Å². The second kappa shape index (κ2) is 6.15. The molecule has 1 aliphatic heterocycles. The molecule has 0 saturated carbocycles. The number of hydrogen-bond donors (Lipinski definition) is 1. The molecule has 7 nitrogen and oxygen atoms in total. The van der Waals surface area contributed by atoms with Gasteiger partial charge in [-0.3, -0.25) is 9.35 Å². The third kappa shape index (κ3) is 3.98. The number of ether oxygens (including phenoxy) is 3. The van der Waals surface area contributed by atoms with Gasteiger partial charge < -0.3 is 14.2 Å². The lowest BCUT2D eigenvalue weighted by Crippen LogP contribution is -2.19. The molecule has 1 saturated heterocycles. The van der Waals surface area contributed by atoms with Crippen LogP contribution in [0.4, 0.5) is 0 Å². The molecule has 0 bridgehead atoms. The molecular weight excluding hydrogens is 324 g/mol. The second-order valence-corrected chi connectivity index (χ2v) is 6.48. The molecule has 2 aromatic rings. The van der Waals surface area contributed by atoms with E-state index in [1.165, 1.54) is 0 Å². The molecule has 0 aliphatic carbocycles. The Balaban J connectivity index is 1.71. The number of hydrogen-bond acceptors (Lipinski definition) is 6. The van der Waals surface area contributed by atoms with E-state index < -0.39 is 28.6 Å². The van der Waals surface area contributed by atoms with E-state index in [1.54, 1.807) is 6.07 Å². The molecule has 0 aromatic heterocycles. The summed E-state index contributed by atoms with van der Waals surface area (Å²) in [7, 11) is -4.41. The molecule has 1 heterocycles. The van der Waals surface area contributed by atoms with E-state index >= 15 is 0 Å². The molecule has 23 heavy (non-hydrogen) atoms. The average Bonchev–Trinajstić information content (AvgIpc) is 3.29. The van der Waals surface area contributed by atoms with Gasteiger partial charge in [0.25, 0.3) is 10.1 Å². The average molecular weight is 338 g/mol. The summed E-state index contributed by atoms with van der Waals surface area (Å²) >= 11 is 0. The van der Waals surface area contributed by atoms with Gasteiger partial charge in [-0.2, -0.15) is 8.42 Å². The highest BCUT2D eigenvalue weighted by Gasteiger charge is 2.26. The first-order valence-corrected chi connectivity index (χ1v) is 8.42. The Labute approximate surface area is 132 Å². The topological polar surface area (TPSA) is 102 Å². The van der Waals surface area contributed by atoms with Crippen molar-refractivity contribution < 1.29 is 32.0 Å². The van der Waals surface area contributed by atoms with Crippen molar-refractivity contribution in [2.75, 3.05) is 19.2 Å². The van der Waals surface area contributed by atoms with Crippen LogP contribution >= 0.6 is 0 Å². The van der Waals surface area contributed by atoms with E-state index in [1.807, 2.05) is 30.3 Å². The maximum absolute atomic E-state index is 11.2. The third-order valence-electron chi connectivity index (χ3n) is 3.33. The smallest absolute Gasteiger partial charge is 0.326 e. The van der Waals surface area contributed by atoms with Gasteiger partial charge >= 0.3 is 5.97 Å². The fourth-order valence-electron chi connectivity index (χ4n) is 2.29. The summed E-state index contributed by atoms with van der Waals surface area (Å²) in [6.07, 6.45) is 0.0986. The molecule has 0 amide bonds. The summed E-state index contributed by atoms with van der Waals surface area (Å²) in [6.45, 7) is 0.245. The van der Waals surface area contributed by atoms with E-state index in [4.69, 9.17) is 14.0 Å². The van der Waals surface area contributed by atoms with E-state index in [9.17, 15) is 13.2 Å². The first-order chi connectivity index (χ1) is 10.9. The van der Waals surface area contributed by atoms with Crippen LogP contribution in [0.15, 0.2) is 36.4 Å². The Kier molecular flexibility index (Phi) is 4.20. The molecule has 1 unspecified atom stereocenters. The molecule has 1 N–H and O–H groups in total. The van der Waals surface area contributed by atoms with E-state index in [0.717, 1.165) is 16.3 Å². The zero-order chi connectivity index (χ0) is 16.4. The van der Waals surface area contributed by atoms with Crippen molar-refractivity contribution in [3.63, 3.8) is 0 Å². The summed E-state index contributed by atoms with van der Waals surface area (Å²) in [5.41, 5.74) is 1.07. The summed E-state index contributed by atoms with van der Waals surface area (Å²) in [5.74, 6) is -1.68. The van der Waals surface area contributed by atoms with Gasteiger partial charge in [0.2, 0.25) is 6.79 Å². The van der Waals surface area contributed by atoms with E-state index in [0.29, 0.717) is 12.4 Å². The fourth-order valence-corrected chi connectivity index (χ4v) is 2.67. The standard InChI is InChI=1S/C15H14O7S/c16-15(8-23(17,18)19)22-9-21-13-6-2-3-10-11(13)4-1-5-12(10)14-7-20-14/h1-6,14H,7-9H2,(H,17,18,19). The Morgan fingerprint density at radius 1 is 1.22 bits per heavy atom. The number of carbonyl (C=O) groups is 1. The SMILES string of the molecule is O=C(CS(=O)(=O)O)OCOc1cccc2c(C3CO3)cccc12. The van der Waals surface area contributed by atoms with Crippen molar-refractivity contribution in [3.8, 4) is 5.75 Å². The highest BCUT2D eigenvalue weighted by atomic mass is 32.2. The minimum Gasteiger partial charge on any atom is -0.457 e. The van der Waals surface area contributed by atoms with Crippen LogP contribution in [0.2, 0.25) is 0 Å². The first kappa shape index (κ1) is 15.7. The Hall–Kier alpha value is -2.16. The van der Waals surface area contributed by atoms with Gasteiger partial charge in [0.1, 0.15) is 11.9 Å². The van der Waals surface area contributed by atoms with Gasteiger partial charge in [0.05, 0.1) is 6.61 Å². The highest BCUT2D eigenvalue weighted by Crippen LogP contribution is 2.37. The van der Waals surface area contributed by atoms with E-state index in [2.05, 4.69) is 4.74 Å². The zero-order valence-corrected chi connectivity index (χ0v) is 12.8. The minimum absolute atomic E-state index is 0.0986. The predicted molar refractivity (Wildman–Crippen MR) is 80.6 cm³/mol. The summed E-state index contributed by atoms with van der Waals surface area (Å²) in [5, 5.41) is 1.82. The Bertz CT molecular complexity index is 840. The predicted octanol–water partition coefficient (Wildman–Crippen LogP) is 1.68. The molecule has 1 atom stereocenters. The van der Waals surface area contributed by atoms with Crippen LogP contribution in [0, 0.1) is 0 Å². The number of benzene rings is 2. The van der Waals surface area contributed by atoms with Gasteiger partial charge in [0.15, 0.2) is 5.75 Å². The van der Waals surface area contributed by atoms with Crippen molar-refractivity contribution in [3.05, 3.63) is 42.0 Å². The number of fused-ring (bicyclic) bond motifs is 1. The van der Waals surface area contributed by atoms with Crippen molar-refractivity contribution in [1.82, 2.24) is 0 Å². The van der Waals surface area contributed by atoms with Crippen molar-refractivity contribution in [2.24, 2.45) is 0 Å². The lowest BCUT2D eigenvalue weighted by atomic mass is 10.0. The summed E-state index contributed by atoms with van der Waals surface area (Å²) in [4.78, 5) is 11.2. The molecule has 8 heteroatoms. The highest BCUT2D eigenvalue weighted by molar-refractivity contribution is 7.86. The first-order valence-electron chi connectivity index (χ1n) is 6.81. The maximum atomic E-state index is 11.2. The van der Waals surface area contributed by atoms with Crippen molar-refractivity contribution in [1.29, 1.82) is 0 Å². The summed E-state index contributed by atoms with van der Waals surface area (Å²) in [6, 6.07) is 11.2. The van der Waals surface area contributed by atoms with Gasteiger partial charge in [-0.15, -0.1) is 0 Å². The molecule has 2 aromatic carbocycles. The molecule has 0 radical (unpaired) electrons. The second-order valence-electron chi connectivity index (χ2n) is 5.03. The van der Waals surface area contributed by atoms with Crippen LogP contribution in [0.25, 0.3) is 10.8 Å². The maximum Gasteiger partial charge on any atom is 0.326 e. The van der Waals surface area contributed by atoms with Crippen molar-refractivity contribution in [2.45, 2.75) is 6.10 Å². The third-order valence-corrected chi connectivity index (χ3v) is 3.93. The van der Waals surface area contributed by atoms with Gasteiger partial charge in [0, 0.05) is 5.39 Å². The van der Waals surface area contributed by atoms with Crippen molar-refractivity contribution >= 4 is 26.9 Å². The molecule has 0 spiro atoms. The van der Waals surface area contributed by atoms with Crippen LogP contribution in [-0.4, -0.2) is 38.1 Å². The van der Waals surface area contributed by atoms with Crippen LogP contribution in [0.3, 0.4) is 0 Å². The normalized spacial score (nSPS) is 17.0. The van der Waals surface area contributed by atoms with Crippen LogP contribution < -0.4 is 4.74 Å². The molecule has 1 fully saturated rings. The molecular formula is C15H14O7S. The number of epoxide rings is 1. The monoisotopic (exact) mass is 338 g/mol. The van der Waals surface area contributed by atoms with Gasteiger partial charge in [-0.05, 0) is 17.0 Å². The van der Waals surface area contributed by atoms with Crippen LogP contribution in [-0.2, 0) is 24.4 Å². The molecule has 122 valence electrons. The lowest BCUT2D eigenvalue weighted by Gasteiger charge is -2.11. The number of esters is 1. The molecule has 1 aliphatic rings. The van der Waals surface area contributed by atoms with Gasteiger partial charge in [-0.25, -0.2) is 0 Å². The largest absolute Gasteiger partial charge is 0.457 e. The van der Waals surface area contributed by atoms with Gasteiger partial charge in [-0.1, -0.05) is 30.3 Å². The number of rotatable bonds is 6. The molecule has 3 rings (SSSR count). The Morgan fingerprint density at radius 3 is 2.61 bits per heavy atom. The number of carbonyl (C=O) groups excluding carboxylic acids is 1. The minimum atomic E-state index is -4.41. The fraction of sp³-hybridized carbons (Fsp3) is 0.267. The lowest BCUT2D eigenvalue weighted by molar-refractivity contribution is -0.146. The quantitative estimate of drug-likeness (QED) is 0.370. The van der Waals surface area contributed by atoms with Crippen LogP contribution in [0.1, 0.15) is 11.7 Å².